The third-order valence-corrected chi connectivity index (χ3v) is 12.7. The molecule has 3 aromatic heterocycles. The van der Waals surface area contributed by atoms with Crippen molar-refractivity contribution in [3.63, 3.8) is 0 Å². The number of aromatic nitrogens is 4. The number of hydrogen-bond acceptors (Lipinski definition) is 11. The molecule has 4 amide bonds. The topological polar surface area (TPSA) is 175 Å². The van der Waals surface area contributed by atoms with Crippen molar-refractivity contribution in [2.24, 2.45) is 13.0 Å². The number of rotatable bonds is 19. The molecule has 55 heavy (non-hydrogen) atoms. The smallest absolute Gasteiger partial charge is 0.265 e. The fourth-order valence-corrected chi connectivity index (χ4v) is 9.16. The number of hydrogen-bond donors (Lipinski definition) is 5. The highest BCUT2D eigenvalue weighted by atomic mass is 35.5. The van der Waals surface area contributed by atoms with Gasteiger partial charge < -0.3 is 26.2 Å². The highest BCUT2D eigenvalue weighted by Crippen LogP contribution is 2.37. The van der Waals surface area contributed by atoms with Gasteiger partial charge in [0, 0.05) is 48.2 Å². The van der Waals surface area contributed by atoms with E-state index < -0.39 is 11.9 Å². The highest BCUT2D eigenvalue weighted by molar-refractivity contribution is 7.14. The molecular weight excluding hydrogens is 740 g/mol. The van der Waals surface area contributed by atoms with Crippen LogP contribution in [-0.2, 0) is 40.9 Å². The molecule has 0 aromatic carbocycles. The average Bonchev–Trinajstić information content (AvgIpc) is 3.69. The number of carbonyl (C=O) groups excluding carboxylic acids is 4. The minimum absolute atomic E-state index is 0.0771. The number of carbonyl (C=O) groups is 4. The molecule has 2 aliphatic carbocycles. The van der Waals surface area contributed by atoms with Crippen molar-refractivity contribution < 1.29 is 19.2 Å². The zero-order valence-electron chi connectivity index (χ0n) is 31.6. The Labute approximate surface area is 331 Å². The van der Waals surface area contributed by atoms with Crippen molar-refractivity contribution in [3.8, 4) is 11.3 Å². The second-order valence-electron chi connectivity index (χ2n) is 15.5. The number of piperidine rings is 1. The molecule has 1 saturated heterocycles. The van der Waals surface area contributed by atoms with E-state index in [1.165, 1.54) is 49.1 Å². The number of anilines is 1. The summed E-state index contributed by atoms with van der Waals surface area (Å²) in [6, 6.07) is 2.22. The van der Waals surface area contributed by atoms with E-state index in [0.717, 1.165) is 85.7 Å². The standard InChI is InChI=1S/C39H53ClN10O4S/c1-49-32(17-24-7-8-24)29(20-45-49)35-30(40)21-44-39(48-35)46-27-11-9-26(10-12-27)42-16-6-4-2-3-5-15-41-22-34(52)43-19-28-18-25-23-50(38(54)36(25)55-28)31-13-14-33(51)47-37(31)53/h18,20-21,24,26-27,31,41-42H,2-17,19,22-23H2,1H3,(H,43,52)(H,44,46,48)(H,47,51,53)/t26-,27-,31?. The summed E-state index contributed by atoms with van der Waals surface area (Å²) in [7, 11) is 1.99. The number of nitrogens with zero attached hydrogens (tertiary/aromatic N) is 5. The summed E-state index contributed by atoms with van der Waals surface area (Å²) >= 11 is 7.93. The molecule has 1 atom stereocenters. The lowest BCUT2D eigenvalue weighted by Crippen LogP contribution is -2.52. The molecular formula is C39H53ClN10O4S. The molecule has 0 radical (unpaired) electrons. The van der Waals surface area contributed by atoms with Crippen molar-refractivity contribution in [1.29, 1.82) is 0 Å². The lowest BCUT2D eigenvalue weighted by molar-refractivity contribution is -0.137. The molecule has 3 aromatic rings. The van der Waals surface area contributed by atoms with Gasteiger partial charge in [-0.25, -0.2) is 9.97 Å². The van der Waals surface area contributed by atoms with E-state index in [1.807, 2.05) is 24.0 Å². The first-order valence-electron chi connectivity index (χ1n) is 20.0. The van der Waals surface area contributed by atoms with E-state index in [-0.39, 0.29) is 30.7 Å². The average molecular weight is 793 g/mol. The number of fused-ring (bicyclic) bond motifs is 1. The fourth-order valence-electron chi connectivity index (χ4n) is 7.90. The van der Waals surface area contributed by atoms with Crippen LogP contribution in [0.25, 0.3) is 11.3 Å². The van der Waals surface area contributed by atoms with Crippen LogP contribution in [0.15, 0.2) is 18.5 Å². The van der Waals surface area contributed by atoms with E-state index in [2.05, 4.69) is 36.7 Å². The van der Waals surface area contributed by atoms with Gasteiger partial charge in [-0.05, 0) is 94.8 Å². The molecule has 7 rings (SSSR count). The number of thiophene rings is 1. The maximum Gasteiger partial charge on any atom is 0.265 e. The van der Waals surface area contributed by atoms with E-state index in [9.17, 15) is 19.2 Å². The van der Waals surface area contributed by atoms with Crippen molar-refractivity contribution in [3.05, 3.63) is 44.5 Å². The van der Waals surface area contributed by atoms with Gasteiger partial charge in [-0.3, -0.25) is 29.2 Å². The van der Waals surface area contributed by atoms with Crippen LogP contribution < -0.4 is 26.6 Å². The zero-order chi connectivity index (χ0) is 38.3. The van der Waals surface area contributed by atoms with E-state index in [1.54, 1.807) is 11.1 Å². The summed E-state index contributed by atoms with van der Waals surface area (Å²) in [6.45, 7) is 2.81. The second-order valence-corrected chi connectivity index (χ2v) is 17.0. The SMILES string of the molecule is Cn1ncc(-c2nc(N[C@H]3CC[C@H](NCCCCCCCNCC(=O)NCc4cc5c(s4)C(=O)N(C4CCC(=O)NC4=O)C5)CC3)ncc2Cl)c1CC1CC1. The lowest BCUT2D eigenvalue weighted by atomic mass is 9.91. The van der Waals surface area contributed by atoms with Crippen LogP contribution in [0.2, 0.25) is 5.02 Å². The molecule has 0 bridgehead atoms. The van der Waals surface area contributed by atoms with Crippen LogP contribution in [0.3, 0.4) is 0 Å². The van der Waals surface area contributed by atoms with Crippen molar-refractivity contribution in [1.82, 2.24) is 45.9 Å². The number of halogens is 1. The quantitative estimate of drug-likeness (QED) is 0.0861. The Morgan fingerprint density at radius 1 is 0.982 bits per heavy atom. The Morgan fingerprint density at radius 2 is 1.75 bits per heavy atom. The third-order valence-electron chi connectivity index (χ3n) is 11.3. The molecule has 5 N–H and O–H groups in total. The number of imide groups is 1. The van der Waals surface area contributed by atoms with Crippen molar-refractivity contribution >= 4 is 52.5 Å². The van der Waals surface area contributed by atoms with Gasteiger partial charge in [0.25, 0.3) is 5.91 Å². The molecule has 16 heteroatoms. The van der Waals surface area contributed by atoms with E-state index in [0.29, 0.717) is 47.4 Å². The summed E-state index contributed by atoms with van der Waals surface area (Å²) in [5.74, 6) is 0.410. The van der Waals surface area contributed by atoms with Gasteiger partial charge in [-0.2, -0.15) is 5.10 Å². The second kappa shape index (κ2) is 18.4. The Hall–Kier alpha value is -3.92. The first-order valence-corrected chi connectivity index (χ1v) is 21.2. The maximum absolute atomic E-state index is 12.9. The first-order chi connectivity index (χ1) is 26.7. The molecule has 5 heterocycles. The van der Waals surface area contributed by atoms with Crippen LogP contribution in [0.4, 0.5) is 5.95 Å². The summed E-state index contributed by atoms with van der Waals surface area (Å²) in [5.41, 5.74) is 3.83. The Kier molecular flexibility index (Phi) is 13.1. The predicted molar refractivity (Wildman–Crippen MR) is 212 cm³/mol. The minimum atomic E-state index is -0.613. The van der Waals surface area contributed by atoms with Crippen molar-refractivity contribution in [2.75, 3.05) is 25.0 Å². The lowest BCUT2D eigenvalue weighted by Gasteiger charge is -2.30. The molecule has 1 unspecified atom stereocenters. The van der Waals surface area contributed by atoms with Gasteiger partial charge in [0.1, 0.15) is 6.04 Å². The summed E-state index contributed by atoms with van der Waals surface area (Å²) in [5, 5.41) is 20.9. The van der Waals surface area contributed by atoms with E-state index >= 15 is 0 Å². The molecule has 14 nitrogen and oxygen atoms in total. The number of amides is 4. The maximum atomic E-state index is 12.9. The summed E-state index contributed by atoms with van der Waals surface area (Å²) in [4.78, 5) is 61.4. The van der Waals surface area contributed by atoms with Gasteiger partial charge in [-0.1, -0.05) is 30.9 Å². The van der Waals surface area contributed by atoms with Gasteiger partial charge in [0.15, 0.2) is 0 Å². The van der Waals surface area contributed by atoms with Gasteiger partial charge >= 0.3 is 0 Å². The Bertz CT molecular complexity index is 1850. The largest absolute Gasteiger partial charge is 0.351 e. The number of unbranched alkanes of at least 4 members (excludes halogenated alkanes) is 4. The van der Waals surface area contributed by atoms with Crippen LogP contribution in [-0.4, -0.2) is 86.0 Å². The molecule has 296 valence electrons. The van der Waals surface area contributed by atoms with Crippen LogP contribution in [0, 0.1) is 5.92 Å². The Balaban J connectivity index is 0.698. The Morgan fingerprint density at radius 3 is 2.51 bits per heavy atom. The fraction of sp³-hybridized carbons (Fsp3) is 0.615. The third kappa shape index (κ3) is 10.3. The predicted octanol–water partition coefficient (Wildman–Crippen LogP) is 4.47. The number of nitrogens with one attached hydrogen (secondary N) is 5. The highest BCUT2D eigenvalue weighted by Gasteiger charge is 2.40. The van der Waals surface area contributed by atoms with E-state index in [4.69, 9.17) is 16.6 Å². The van der Waals surface area contributed by atoms with Crippen LogP contribution in [0.1, 0.15) is 109 Å². The summed E-state index contributed by atoms with van der Waals surface area (Å²) in [6.07, 6.45) is 17.9. The minimum Gasteiger partial charge on any atom is -0.351 e. The molecule has 2 aliphatic heterocycles. The van der Waals surface area contributed by atoms with Crippen LogP contribution in [0.5, 0.6) is 0 Å². The van der Waals surface area contributed by atoms with Crippen LogP contribution >= 0.6 is 22.9 Å². The van der Waals surface area contributed by atoms with Gasteiger partial charge in [-0.15, -0.1) is 11.3 Å². The number of aryl methyl sites for hydroxylation is 1. The normalized spacial score (nSPS) is 21.2. The van der Waals surface area contributed by atoms with Gasteiger partial charge in [0.2, 0.25) is 23.7 Å². The molecule has 0 spiro atoms. The zero-order valence-corrected chi connectivity index (χ0v) is 33.2. The molecule has 3 fully saturated rings. The van der Waals surface area contributed by atoms with Gasteiger partial charge in [0.05, 0.1) is 41.1 Å². The monoisotopic (exact) mass is 792 g/mol. The summed E-state index contributed by atoms with van der Waals surface area (Å²) < 4.78 is 1.95. The van der Waals surface area contributed by atoms with Crippen molar-refractivity contribution in [2.45, 2.75) is 121 Å². The molecule has 4 aliphatic rings. The molecule has 2 saturated carbocycles. The first kappa shape index (κ1) is 39.3.